The van der Waals surface area contributed by atoms with Crippen LogP contribution in [0, 0.1) is 5.92 Å². The van der Waals surface area contributed by atoms with E-state index in [1.165, 1.54) is 11.1 Å². The summed E-state index contributed by atoms with van der Waals surface area (Å²) < 4.78 is 5.51. The van der Waals surface area contributed by atoms with E-state index in [2.05, 4.69) is 34.9 Å². The largest absolute Gasteiger partial charge is 0.481 e. The topological polar surface area (TPSA) is 105 Å². The number of carboxylic acids is 1. The van der Waals surface area contributed by atoms with Crippen LogP contribution in [0.5, 0.6) is 0 Å². The van der Waals surface area contributed by atoms with Crippen LogP contribution in [0.25, 0.3) is 11.1 Å². The highest BCUT2D eigenvalue weighted by molar-refractivity contribution is 5.80. The molecule has 0 bridgehead atoms. The Labute approximate surface area is 194 Å². The number of ether oxygens (including phenoxy) is 1. The van der Waals surface area contributed by atoms with Gasteiger partial charge in [-0.15, -0.1) is 0 Å². The Hall–Kier alpha value is -3.35. The third-order valence-corrected chi connectivity index (χ3v) is 6.06. The first-order valence-electron chi connectivity index (χ1n) is 11.3. The Kier molecular flexibility index (Phi) is 7.74. The van der Waals surface area contributed by atoms with Crippen LogP contribution < -0.4 is 10.6 Å². The molecule has 2 aromatic rings. The van der Waals surface area contributed by atoms with Gasteiger partial charge in [0, 0.05) is 30.3 Å². The Morgan fingerprint density at radius 1 is 1.03 bits per heavy atom. The highest BCUT2D eigenvalue weighted by Gasteiger charge is 2.29. The molecule has 0 fully saturated rings. The molecule has 1 aliphatic carbocycles. The van der Waals surface area contributed by atoms with E-state index >= 15 is 0 Å². The van der Waals surface area contributed by atoms with E-state index in [1.54, 1.807) is 20.8 Å². The number of fused-ring (bicyclic) bond motifs is 3. The summed E-state index contributed by atoms with van der Waals surface area (Å²) in [5, 5.41) is 14.4. The molecule has 0 spiro atoms. The normalized spacial score (nSPS) is 13.5. The zero-order valence-electron chi connectivity index (χ0n) is 19.4. The Morgan fingerprint density at radius 2 is 1.61 bits per heavy atom. The van der Waals surface area contributed by atoms with E-state index in [1.807, 2.05) is 24.3 Å². The molecule has 1 unspecified atom stereocenters. The van der Waals surface area contributed by atoms with E-state index in [0.717, 1.165) is 11.1 Å². The average Bonchev–Trinajstić information content (AvgIpc) is 3.10. The average molecular weight is 453 g/mol. The van der Waals surface area contributed by atoms with Crippen LogP contribution in [-0.2, 0) is 14.3 Å². The molecule has 2 amide bonds. The minimum absolute atomic E-state index is 0.000820. The van der Waals surface area contributed by atoms with Crippen molar-refractivity contribution in [3.8, 4) is 11.1 Å². The molecule has 7 nitrogen and oxygen atoms in total. The summed E-state index contributed by atoms with van der Waals surface area (Å²) in [6, 6.07) is 16.3. The van der Waals surface area contributed by atoms with Gasteiger partial charge < -0.3 is 20.5 Å². The van der Waals surface area contributed by atoms with Crippen molar-refractivity contribution >= 4 is 18.0 Å². The van der Waals surface area contributed by atoms with Crippen LogP contribution in [0.4, 0.5) is 4.79 Å². The van der Waals surface area contributed by atoms with Crippen molar-refractivity contribution < 1.29 is 24.2 Å². The summed E-state index contributed by atoms with van der Waals surface area (Å²) >= 11 is 0. The number of carbonyl (C=O) groups excluding carboxylic acids is 2. The van der Waals surface area contributed by atoms with E-state index in [-0.39, 0.29) is 30.8 Å². The molecule has 3 N–H and O–H groups in total. The minimum atomic E-state index is -0.891. The molecule has 7 heteroatoms. The SMILES string of the molecule is CC(CCNC(=O)OCC1c2ccccc2-c2ccccc21)C(=O)NC(C)(C)CCC(=O)O. The van der Waals surface area contributed by atoms with Crippen LogP contribution >= 0.6 is 0 Å². The lowest BCUT2D eigenvalue weighted by Gasteiger charge is -2.27. The fraction of sp³-hybridized carbons (Fsp3) is 0.423. The molecule has 0 aliphatic heterocycles. The van der Waals surface area contributed by atoms with E-state index in [9.17, 15) is 14.4 Å². The van der Waals surface area contributed by atoms with Gasteiger partial charge in [-0.3, -0.25) is 9.59 Å². The lowest BCUT2D eigenvalue weighted by Crippen LogP contribution is -2.46. The molecular weight excluding hydrogens is 420 g/mol. The van der Waals surface area contributed by atoms with Crippen molar-refractivity contribution in [2.75, 3.05) is 13.2 Å². The zero-order chi connectivity index (χ0) is 24.0. The standard InChI is InChI=1S/C26H32N2O5/c1-17(24(31)28-26(2,3)14-12-23(29)30)13-15-27-25(32)33-16-22-20-10-6-4-8-18(20)19-9-5-7-11-21(19)22/h4-11,17,22H,12-16H2,1-3H3,(H,27,32)(H,28,31)(H,29,30). The van der Waals surface area contributed by atoms with Gasteiger partial charge in [0.1, 0.15) is 6.61 Å². The summed E-state index contributed by atoms with van der Waals surface area (Å²) in [5.74, 6) is -1.39. The molecule has 1 atom stereocenters. The van der Waals surface area contributed by atoms with Gasteiger partial charge in [0.05, 0.1) is 0 Å². The second kappa shape index (κ2) is 10.5. The molecule has 3 rings (SSSR count). The lowest BCUT2D eigenvalue weighted by atomic mass is 9.96. The summed E-state index contributed by atoms with van der Waals surface area (Å²) in [5.41, 5.74) is 4.05. The zero-order valence-corrected chi connectivity index (χ0v) is 19.4. The van der Waals surface area contributed by atoms with Gasteiger partial charge in [0.15, 0.2) is 0 Å². The second-order valence-corrected chi connectivity index (χ2v) is 9.21. The number of carboxylic acid groups (broad SMARTS) is 1. The summed E-state index contributed by atoms with van der Waals surface area (Å²) in [4.78, 5) is 35.4. The number of aliphatic carboxylic acids is 1. The van der Waals surface area contributed by atoms with Crippen molar-refractivity contribution in [2.45, 2.75) is 51.5 Å². The van der Waals surface area contributed by atoms with Crippen molar-refractivity contribution in [1.29, 1.82) is 0 Å². The number of hydrogen-bond donors (Lipinski definition) is 3. The summed E-state index contributed by atoms with van der Waals surface area (Å²) in [6.45, 7) is 5.93. The molecule has 0 aromatic heterocycles. The van der Waals surface area contributed by atoms with E-state index < -0.39 is 17.6 Å². The molecule has 0 saturated heterocycles. The highest BCUT2D eigenvalue weighted by atomic mass is 16.5. The van der Waals surface area contributed by atoms with Gasteiger partial charge in [-0.25, -0.2) is 4.79 Å². The second-order valence-electron chi connectivity index (χ2n) is 9.21. The maximum atomic E-state index is 12.4. The number of carbonyl (C=O) groups is 3. The Bertz CT molecular complexity index is 972. The van der Waals surface area contributed by atoms with Gasteiger partial charge in [0.25, 0.3) is 0 Å². The van der Waals surface area contributed by atoms with Crippen LogP contribution in [0.15, 0.2) is 48.5 Å². The third kappa shape index (κ3) is 6.34. The summed E-state index contributed by atoms with van der Waals surface area (Å²) in [6.07, 6.45) is 0.278. The number of nitrogens with one attached hydrogen (secondary N) is 2. The van der Waals surface area contributed by atoms with E-state index in [0.29, 0.717) is 19.4 Å². The fourth-order valence-electron chi connectivity index (χ4n) is 4.11. The number of rotatable bonds is 10. The van der Waals surface area contributed by atoms with Crippen LogP contribution in [0.1, 0.15) is 57.1 Å². The molecular formula is C26H32N2O5. The number of amides is 2. The van der Waals surface area contributed by atoms with Crippen LogP contribution in [0.3, 0.4) is 0 Å². The third-order valence-electron chi connectivity index (χ3n) is 6.06. The molecule has 176 valence electrons. The number of alkyl carbamates (subject to hydrolysis) is 1. The predicted octanol–water partition coefficient (Wildman–Crippen LogP) is 4.31. The molecule has 0 heterocycles. The Morgan fingerprint density at radius 3 is 2.18 bits per heavy atom. The summed E-state index contributed by atoms with van der Waals surface area (Å²) in [7, 11) is 0. The van der Waals surface area contributed by atoms with Crippen molar-refractivity contribution in [1.82, 2.24) is 10.6 Å². The van der Waals surface area contributed by atoms with E-state index in [4.69, 9.17) is 9.84 Å². The van der Waals surface area contributed by atoms with Gasteiger partial charge in [0.2, 0.25) is 5.91 Å². The quantitative estimate of drug-likeness (QED) is 0.498. The van der Waals surface area contributed by atoms with Gasteiger partial charge in [-0.05, 0) is 48.9 Å². The smallest absolute Gasteiger partial charge is 0.407 e. The van der Waals surface area contributed by atoms with Gasteiger partial charge in [-0.1, -0.05) is 55.5 Å². The van der Waals surface area contributed by atoms with Gasteiger partial charge in [-0.2, -0.15) is 0 Å². The van der Waals surface area contributed by atoms with Crippen LogP contribution in [-0.4, -0.2) is 41.8 Å². The predicted molar refractivity (Wildman–Crippen MR) is 126 cm³/mol. The molecule has 2 aromatic carbocycles. The van der Waals surface area contributed by atoms with Crippen molar-refractivity contribution in [3.63, 3.8) is 0 Å². The molecule has 0 radical (unpaired) electrons. The first-order chi connectivity index (χ1) is 15.7. The highest BCUT2D eigenvalue weighted by Crippen LogP contribution is 2.44. The van der Waals surface area contributed by atoms with Gasteiger partial charge >= 0.3 is 12.1 Å². The first kappa shape index (κ1) is 24.3. The van der Waals surface area contributed by atoms with Crippen molar-refractivity contribution in [2.24, 2.45) is 5.92 Å². The van der Waals surface area contributed by atoms with Crippen molar-refractivity contribution in [3.05, 3.63) is 59.7 Å². The molecule has 33 heavy (non-hydrogen) atoms. The number of hydrogen-bond acceptors (Lipinski definition) is 4. The Balaban J connectivity index is 1.44. The lowest BCUT2D eigenvalue weighted by molar-refractivity contribution is -0.138. The van der Waals surface area contributed by atoms with Crippen LogP contribution in [0.2, 0.25) is 0 Å². The molecule has 1 aliphatic rings. The monoisotopic (exact) mass is 452 g/mol. The minimum Gasteiger partial charge on any atom is -0.481 e. The molecule has 0 saturated carbocycles. The maximum Gasteiger partial charge on any atom is 0.407 e. The fourth-order valence-corrected chi connectivity index (χ4v) is 4.11. The first-order valence-corrected chi connectivity index (χ1v) is 11.3. The number of benzene rings is 2. The maximum absolute atomic E-state index is 12.4.